The number of sulfonamides is 1. The quantitative estimate of drug-likeness (QED) is 0.856. The molecule has 0 radical (unpaired) electrons. The molecule has 25 heavy (non-hydrogen) atoms. The Morgan fingerprint density at radius 2 is 1.80 bits per heavy atom. The van der Waals surface area contributed by atoms with Crippen LogP contribution in [0.3, 0.4) is 0 Å². The number of hydrogen-bond acceptors (Lipinski definition) is 4. The molecule has 2 heterocycles. The number of hydrogen-bond donors (Lipinski definition) is 1. The molecule has 0 aliphatic carbocycles. The second-order valence-corrected chi connectivity index (χ2v) is 8.09. The summed E-state index contributed by atoms with van der Waals surface area (Å²) in [6.07, 6.45) is 5.43. The van der Waals surface area contributed by atoms with Crippen molar-refractivity contribution in [2.45, 2.75) is 24.3 Å². The monoisotopic (exact) mass is 363 g/mol. The van der Waals surface area contributed by atoms with Crippen LogP contribution < -0.4 is 4.72 Å². The van der Waals surface area contributed by atoms with Crippen LogP contribution in [-0.2, 0) is 16.6 Å². The molecule has 5 nitrogen and oxygen atoms in total. The highest BCUT2D eigenvalue weighted by Gasteiger charge is 2.23. The first-order valence-electron chi connectivity index (χ1n) is 8.40. The summed E-state index contributed by atoms with van der Waals surface area (Å²) in [5.41, 5.74) is 1.23. The fourth-order valence-corrected chi connectivity index (χ4v) is 4.26. The second kappa shape index (κ2) is 8.03. The van der Waals surface area contributed by atoms with E-state index < -0.39 is 15.8 Å². The van der Waals surface area contributed by atoms with E-state index in [0.29, 0.717) is 6.54 Å². The van der Waals surface area contributed by atoms with Crippen LogP contribution in [-0.4, -0.2) is 37.9 Å². The van der Waals surface area contributed by atoms with Crippen LogP contribution in [0.1, 0.15) is 18.4 Å². The Morgan fingerprint density at radius 3 is 2.48 bits per heavy atom. The van der Waals surface area contributed by atoms with Gasteiger partial charge in [0.2, 0.25) is 10.0 Å². The molecule has 0 amide bonds. The lowest BCUT2D eigenvalue weighted by atomic mass is 9.97. The van der Waals surface area contributed by atoms with Crippen LogP contribution in [0.25, 0.3) is 0 Å². The molecule has 1 aliphatic heterocycles. The van der Waals surface area contributed by atoms with Crippen LogP contribution in [0.4, 0.5) is 4.39 Å². The van der Waals surface area contributed by atoms with Gasteiger partial charge >= 0.3 is 0 Å². The first-order chi connectivity index (χ1) is 12.0. The lowest BCUT2D eigenvalue weighted by Crippen LogP contribution is -2.38. The van der Waals surface area contributed by atoms with E-state index in [9.17, 15) is 12.8 Å². The highest BCUT2D eigenvalue weighted by Crippen LogP contribution is 2.20. The van der Waals surface area contributed by atoms with Gasteiger partial charge in [0.25, 0.3) is 0 Å². The van der Waals surface area contributed by atoms with Crippen LogP contribution in [0.5, 0.6) is 0 Å². The van der Waals surface area contributed by atoms with Crippen molar-refractivity contribution in [3.8, 4) is 0 Å². The van der Waals surface area contributed by atoms with Crippen molar-refractivity contribution in [2.24, 2.45) is 5.92 Å². The van der Waals surface area contributed by atoms with Crippen molar-refractivity contribution in [1.29, 1.82) is 0 Å². The van der Waals surface area contributed by atoms with E-state index in [4.69, 9.17) is 0 Å². The molecule has 2 aromatic rings. The van der Waals surface area contributed by atoms with Crippen molar-refractivity contribution >= 4 is 10.0 Å². The van der Waals surface area contributed by atoms with Gasteiger partial charge in [0, 0.05) is 25.5 Å². The Kier molecular flexibility index (Phi) is 5.78. The van der Waals surface area contributed by atoms with E-state index in [1.807, 2.05) is 12.1 Å². The van der Waals surface area contributed by atoms with Gasteiger partial charge in [-0.15, -0.1) is 0 Å². The number of piperidine rings is 1. The molecule has 7 heteroatoms. The van der Waals surface area contributed by atoms with Crippen molar-refractivity contribution in [1.82, 2.24) is 14.6 Å². The highest BCUT2D eigenvalue weighted by atomic mass is 32.2. The summed E-state index contributed by atoms with van der Waals surface area (Å²) in [7, 11) is -3.80. The van der Waals surface area contributed by atoms with Crippen LogP contribution in [0, 0.1) is 11.7 Å². The average Bonchev–Trinajstić information content (AvgIpc) is 2.62. The van der Waals surface area contributed by atoms with Crippen LogP contribution >= 0.6 is 0 Å². The fourth-order valence-electron chi connectivity index (χ4n) is 3.06. The van der Waals surface area contributed by atoms with Gasteiger partial charge in [0.05, 0.1) is 0 Å². The number of nitrogens with one attached hydrogen (secondary N) is 1. The number of rotatable bonds is 6. The molecule has 1 N–H and O–H groups in total. The molecule has 0 saturated carbocycles. The zero-order valence-electron chi connectivity index (χ0n) is 13.9. The van der Waals surface area contributed by atoms with Gasteiger partial charge < -0.3 is 0 Å². The lowest BCUT2D eigenvalue weighted by molar-refractivity contribution is 0.178. The normalized spacial score (nSPS) is 16.8. The second-order valence-electron chi connectivity index (χ2n) is 6.36. The van der Waals surface area contributed by atoms with Gasteiger partial charge in [-0.05, 0) is 61.7 Å². The standard InChI is InChI=1S/C18H22FN3O2S/c19-17-3-1-2-4-18(17)25(23,24)21-13-15-7-11-22(12-8-15)14-16-5-9-20-10-6-16/h1-6,9-10,15,21H,7-8,11-14H2. The zero-order chi connectivity index (χ0) is 17.7. The molecule has 134 valence electrons. The van der Waals surface area contributed by atoms with Crippen molar-refractivity contribution in [3.63, 3.8) is 0 Å². The van der Waals surface area contributed by atoms with Gasteiger partial charge in [-0.3, -0.25) is 9.88 Å². The summed E-state index contributed by atoms with van der Waals surface area (Å²) in [4.78, 5) is 6.09. The predicted octanol–water partition coefficient (Wildman–Crippen LogP) is 2.41. The highest BCUT2D eigenvalue weighted by molar-refractivity contribution is 7.89. The molecule has 1 aromatic carbocycles. The van der Waals surface area contributed by atoms with Crippen molar-refractivity contribution in [3.05, 3.63) is 60.2 Å². The van der Waals surface area contributed by atoms with Gasteiger partial charge in [-0.2, -0.15) is 0 Å². The average molecular weight is 363 g/mol. The van der Waals surface area contributed by atoms with E-state index in [-0.39, 0.29) is 10.8 Å². The molecule has 0 spiro atoms. The number of halogens is 1. The first kappa shape index (κ1) is 18.0. The van der Waals surface area contributed by atoms with E-state index in [1.165, 1.54) is 23.8 Å². The van der Waals surface area contributed by atoms with Crippen molar-refractivity contribution in [2.75, 3.05) is 19.6 Å². The maximum atomic E-state index is 13.7. The largest absolute Gasteiger partial charge is 0.299 e. The maximum Gasteiger partial charge on any atom is 0.243 e. The fraction of sp³-hybridized carbons (Fsp3) is 0.389. The van der Waals surface area contributed by atoms with E-state index in [2.05, 4.69) is 14.6 Å². The Morgan fingerprint density at radius 1 is 1.12 bits per heavy atom. The molecule has 1 aliphatic rings. The smallest absolute Gasteiger partial charge is 0.243 e. The van der Waals surface area contributed by atoms with Gasteiger partial charge in [0.1, 0.15) is 10.7 Å². The molecule has 0 atom stereocenters. The van der Waals surface area contributed by atoms with Gasteiger partial charge in [-0.25, -0.2) is 17.5 Å². The third-order valence-electron chi connectivity index (χ3n) is 4.55. The number of benzene rings is 1. The minimum Gasteiger partial charge on any atom is -0.299 e. The summed E-state index contributed by atoms with van der Waals surface area (Å²) in [5, 5.41) is 0. The van der Waals surface area contributed by atoms with Gasteiger partial charge in [0.15, 0.2) is 0 Å². The zero-order valence-corrected chi connectivity index (χ0v) is 14.8. The molecule has 3 rings (SSSR count). The Balaban J connectivity index is 1.49. The van der Waals surface area contributed by atoms with Crippen LogP contribution in [0.15, 0.2) is 53.7 Å². The molecule has 0 bridgehead atoms. The minimum absolute atomic E-state index is 0.273. The molecule has 0 unspecified atom stereocenters. The molecular weight excluding hydrogens is 341 g/mol. The van der Waals surface area contributed by atoms with Crippen molar-refractivity contribution < 1.29 is 12.8 Å². The third kappa shape index (κ3) is 4.84. The summed E-state index contributed by atoms with van der Waals surface area (Å²) in [6, 6.07) is 9.46. The molecule has 1 aromatic heterocycles. The summed E-state index contributed by atoms with van der Waals surface area (Å²) in [5.74, 6) is -0.447. The third-order valence-corrected chi connectivity index (χ3v) is 6.01. The number of aromatic nitrogens is 1. The Hall–Kier alpha value is -1.83. The van der Waals surface area contributed by atoms with E-state index >= 15 is 0 Å². The lowest BCUT2D eigenvalue weighted by Gasteiger charge is -2.32. The summed E-state index contributed by atoms with van der Waals surface area (Å²) < 4.78 is 40.7. The predicted molar refractivity (Wildman–Crippen MR) is 93.8 cm³/mol. The Labute approximate surface area is 147 Å². The van der Waals surface area contributed by atoms with E-state index in [1.54, 1.807) is 12.4 Å². The number of nitrogens with zero attached hydrogens (tertiary/aromatic N) is 2. The topological polar surface area (TPSA) is 62.3 Å². The first-order valence-corrected chi connectivity index (χ1v) is 9.88. The summed E-state index contributed by atoms with van der Waals surface area (Å²) >= 11 is 0. The minimum atomic E-state index is -3.80. The summed E-state index contributed by atoms with van der Waals surface area (Å²) in [6.45, 7) is 3.08. The van der Waals surface area contributed by atoms with Crippen LogP contribution in [0.2, 0.25) is 0 Å². The van der Waals surface area contributed by atoms with Gasteiger partial charge in [-0.1, -0.05) is 12.1 Å². The number of likely N-dealkylation sites (tertiary alicyclic amines) is 1. The molecular formula is C18H22FN3O2S. The molecule has 1 saturated heterocycles. The maximum absolute atomic E-state index is 13.7. The Bertz CT molecular complexity index is 791. The van der Waals surface area contributed by atoms with E-state index in [0.717, 1.165) is 38.5 Å². The molecule has 1 fully saturated rings. The SMILES string of the molecule is O=S(=O)(NCC1CCN(Cc2ccncc2)CC1)c1ccccc1F. The number of pyridine rings is 1.